The minimum absolute atomic E-state index is 0.371. The van der Waals surface area contributed by atoms with E-state index < -0.39 is 11.7 Å². The molecule has 0 radical (unpaired) electrons. The molecule has 1 rings (SSSR count). The van der Waals surface area contributed by atoms with Crippen molar-refractivity contribution in [3.8, 4) is 0 Å². The van der Waals surface area contributed by atoms with Gasteiger partial charge in [0, 0.05) is 10.5 Å². The molecule has 0 saturated heterocycles. The Balaban J connectivity index is 2.93. The van der Waals surface area contributed by atoms with Crippen molar-refractivity contribution in [2.45, 2.75) is 38.9 Å². The molecule has 1 atom stereocenters. The third-order valence-corrected chi connectivity index (χ3v) is 3.50. The zero-order chi connectivity index (χ0) is 13.9. The van der Waals surface area contributed by atoms with Gasteiger partial charge < -0.3 is 5.73 Å². The number of alkyl halides is 3. The van der Waals surface area contributed by atoms with Gasteiger partial charge in [-0.15, -0.1) is 0 Å². The second-order valence-electron chi connectivity index (χ2n) is 4.81. The Morgan fingerprint density at radius 1 is 1.22 bits per heavy atom. The van der Waals surface area contributed by atoms with Crippen LogP contribution in [-0.2, 0) is 6.18 Å². The molecular formula is C13H17BrF3N. The van der Waals surface area contributed by atoms with Crippen LogP contribution in [0, 0.1) is 5.92 Å². The normalized spacial score (nSPS) is 14.0. The van der Waals surface area contributed by atoms with Crippen LogP contribution in [0.4, 0.5) is 13.2 Å². The fourth-order valence-corrected chi connectivity index (χ4v) is 2.21. The predicted molar refractivity (Wildman–Crippen MR) is 70.1 cm³/mol. The van der Waals surface area contributed by atoms with Crippen LogP contribution in [0.15, 0.2) is 22.7 Å². The van der Waals surface area contributed by atoms with Gasteiger partial charge >= 0.3 is 6.18 Å². The molecule has 0 fully saturated rings. The van der Waals surface area contributed by atoms with Crippen LogP contribution in [0.3, 0.4) is 0 Å². The Hall–Kier alpha value is -0.550. The van der Waals surface area contributed by atoms with Crippen molar-refractivity contribution in [1.29, 1.82) is 0 Å². The molecule has 102 valence electrons. The van der Waals surface area contributed by atoms with Crippen LogP contribution in [0.25, 0.3) is 0 Å². The zero-order valence-corrected chi connectivity index (χ0v) is 12.0. The van der Waals surface area contributed by atoms with E-state index in [9.17, 15) is 13.2 Å². The van der Waals surface area contributed by atoms with E-state index in [0.717, 1.165) is 18.6 Å². The summed E-state index contributed by atoms with van der Waals surface area (Å²) in [5.41, 5.74) is 5.83. The summed E-state index contributed by atoms with van der Waals surface area (Å²) in [7, 11) is 0. The minimum atomic E-state index is -4.33. The van der Waals surface area contributed by atoms with E-state index in [-0.39, 0.29) is 6.04 Å². The molecular weight excluding hydrogens is 307 g/mol. The number of halogens is 4. The lowest BCUT2D eigenvalue weighted by atomic mass is 9.97. The first-order valence-electron chi connectivity index (χ1n) is 5.84. The molecule has 0 saturated carbocycles. The second kappa shape index (κ2) is 6.06. The van der Waals surface area contributed by atoms with Crippen molar-refractivity contribution in [3.05, 3.63) is 33.8 Å². The molecule has 0 aliphatic carbocycles. The molecule has 0 aliphatic heterocycles. The third kappa shape index (κ3) is 4.28. The van der Waals surface area contributed by atoms with E-state index >= 15 is 0 Å². The second-order valence-corrected chi connectivity index (χ2v) is 5.67. The van der Waals surface area contributed by atoms with Crippen LogP contribution < -0.4 is 5.73 Å². The van der Waals surface area contributed by atoms with Crippen LogP contribution in [0.5, 0.6) is 0 Å². The first-order chi connectivity index (χ1) is 8.21. The Kier molecular flexibility index (Phi) is 5.22. The van der Waals surface area contributed by atoms with E-state index in [0.29, 0.717) is 22.4 Å². The Morgan fingerprint density at radius 3 is 2.33 bits per heavy atom. The van der Waals surface area contributed by atoms with Crippen molar-refractivity contribution >= 4 is 15.9 Å². The van der Waals surface area contributed by atoms with E-state index in [2.05, 4.69) is 29.8 Å². The van der Waals surface area contributed by atoms with Crippen molar-refractivity contribution < 1.29 is 13.2 Å². The highest BCUT2D eigenvalue weighted by Crippen LogP contribution is 2.34. The molecule has 1 aromatic carbocycles. The first-order valence-corrected chi connectivity index (χ1v) is 6.63. The standard InChI is InChI=1S/C13H17BrF3N/c1-8(2)3-6-12(18)10-7-9(13(15,16)17)4-5-11(10)14/h4-5,7-8,12H,3,6,18H2,1-2H3/t12-/m0/s1. The van der Waals surface area contributed by atoms with Gasteiger partial charge in [-0.3, -0.25) is 0 Å². The van der Waals surface area contributed by atoms with Crippen LogP contribution >= 0.6 is 15.9 Å². The maximum absolute atomic E-state index is 12.6. The summed E-state index contributed by atoms with van der Waals surface area (Å²) < 4.78 is 38.5. The molecule has 2 N–H and O–H groups in total. The maximum atomic E-state index is 12.6. The molecule has 0 aromatic heterocycles. The molecule has 0 unspecified atom stereocenters. The molecule has 0 heterocycles. The highest BCUT2D eigenvalue weighted by molar-refractivity contribution is 9.10. The Labute approximate surface area is 114 Å². The Bertz CT molecular complexity index is 402. The molecule has 5 heteroatoms. The SMILES string of the molecule is CC(C)CC[C@H](N)c1cc(C(F)(F)F)ccc1Br. The van der Waals surface area contributed by atoms with Gasteiger partial charge in [-0.2, -0.15) is 13.2 Å². The van der Waals surface area contributed by atoms with Crippen molar-refractivity contribution in [2.75, 3.05) is 0 Å². The molecule has 0 amide bonds. The van der Waals surface area contributed by atoms with Crippen LogP contribution in [0.1, 0.15) is 43.9 Å². The fraction of sp³-hybridized carbons (Fsp3) is 0.538. The summed E-state index contributed by atoms with van der Waals surface area (Å²) in [5.74, 6) is 0.487. The number of benzene rings is 1. The highest BCUT2D eigenvalue weighted by atomic mass is 79.9. The van der Waals surface area contributed by atoms with Crippen LogP contribution in [-0.4, -0.2) is 0 Å². The van der Waals surface area contributed by atoms with Gasteiger partial charge in [0.25, 0.3) is 0 Å². The number of hydrogen-bond acceptors (Lipinski definition) is 1. The number of nitrogens with two attached hydrogens (primary N) is 1. The molecule has 1 aromatic rings. The molecule has 0 spiro atoms. The van der Waals surface area contributed by atoms with E-state index in [1.54, 1.807) is 0 Å². The van der Waals surface area contributed by atoms with E-state index in [4.69, 9.17) is 5.73 Å². The van der Waals surface area contributed by atoms with E-state index in [1.165, 1.54) is 6.07 Å². The van der Waals surface area contributed by atoms with Crippen molar-refractivity contribution in [3.63, 3.8) is 0 Å². The van der Waals surface area contributed by atoms with Gasteiger partial charge in [0.15, 0.2) is 0 Å². The lowest BCUT2D eigenvalue weighted by molar-refractivity contribution is -0.137. The largest absolute Gasteiger partial charge is 0.416 e. The smallest absolute Gasteiger partial charge is 0.324 e. The number of rotatable bonds is 4. The first kappa shape index (κ1) is 15.5. The van der Waals surface area contributed by atoms with Gasteiger partial charge in [-0.25, -0.2) is 0 Å². The fourth-order valence-electron chi connectivity index (χ4n) is 1.67. The zero-order valence-electron chi connectivity index (χ0n) is 10.4. The minimum Gasteiger partial charge on any atom is -0.324 e. The van der Waals surface area contributed by atoms with Gasteiger partial charge in [0.05, 0.1) is 5.56 Å². The van der Waals surface area contributed by atoms with Gasteiger partial charge in [-0.1, -0.05) is 29.8 Å². The monoisotopic (exact) mass is 323 g/mol. The lowest BCUT2D eigenvalue weighted by Gasteiger charge is -2.17. The Morgan fingerprint density at radius 2 is 1.83 bits per heavy atom. The summed E-state index contributed by atoms with van der Waals surface area (Å²) in [5, 5.41) is 0. The summed E-state index contributed by atoms with van der Waals surface area (Å²) in [6, 6.07) is 3.23. The molecule has 1 nitrogen and oxygen atoms in total. The summed E-state index contributed by atoms with van der Waals surface area (Å²) in [6.45, 7) is 4.13. The average Bonchev–Trinajstić information content (AvgIpc) is 2.24. The van der Waals surface area contributed by atoms with E-state index in [1.807, 2.05) is 0 Å². The van der Waals surface area contributed by atoms with Crippen molar-refractivity contribution in [2.24, 2.45) is 11.7 Å². The number of hydrogen-bond donors (Lipinski definition) is 1. The maximum Gasteiger partial charge on any atom is 0.416 e. The quantitative estimate of drug-likeness (QED) is 0.837. The van der Waals surface area contributed by atoms with Crippen LogP contribution in [0.2, 0.25) is 0 Å². The third-order valence-electron chi connectivity index (χ3n) is 2.78. The topological polar surface area (TPSA) is 26.0 Å². The summed E-state index contributed by atoms with van der Waals surface area (Å²) >= 11 is 3.26. The summed E-state index contributed by atoms with van der Waals surface area (Å²) in [6.07, 6.45) is -2.76. The molecule has 0 aliphatic rings. The molecule has 0 bridgehead atoms. The average molecular weight is 324 g/mol. The van der Waals surface area contributed by atoms with Gasteiger partial charge in [0.2, 0.25) is 0 Å². The predicted octanol–water partition coefficient (Wildman–Crippen LogP) is 4.90. The van der Waals surface area contributed by atoms with Crippen molar-refractivity contribution in [1.82, 2.24) is 0 Å². The highest BCUT2D eigenvalue weighted by Gasteiger charge is 2.31. The lowest BCUT2D eigenvalue weighted by Crippen LogP contribution is -2.14. The summed E-state index contributed by atoms with van der Waals surface area (Å²) in [4.78, 5) is 0. The molecule has 18 heavy (non-hydrogen) atoms. The van der Waals surface area contributed by atoms with Gasteiger partial charge in [-0.05, 0) is 42.5 Å². The van der Waals surface area contributed by atoms with Gasteiger partial charge in [0.1, 0.15) is 0 Å².